The molecule has 0 spiro atoms. The molecule has 37 heavy (non-hydrogen) atoms. The van der Waals surface area contributed by atoms with Crippen LogP contribution in [0.4, 0.5) is 5.69 Å². The van der Waals surface area contributed by atoms with Crippen molar-refractivity contribution in [2.45, 2.75) is 20.0 Å². The van der Waals surface area contributed by atoms with Crippen LogP contribution in [0.5, 0.6) is 11.5 Å². The summed E-state index contributed by atoms with van der Waals surface area (Å²) >= 11 is 4.95. The Morgan fingerprint density at radius 3 is 2.57 bits per heavy atom. The summed E-state index contributed by atoms with van der Waals surface area (Å²) in [6.45, 7) is 2.52. The Kier molecular flexibility index (Phi) is 7.63. The number of ether oxygens (including phenoxy) is 2. The number of amidine groups is 1. The summed E-state index contributed by atoms with van der Waals surface area (Å²) in [7, 11) is 1.61. The molecular weight excluding hydrogens is 548 g/mol. The number of halogens is 1. The van der Waals surface area contributed by atoms with Gasteiger partial charge in [0.15, 0.2) is 16.7 Å². The molecule has 186 valence electrons. The van der Waals surface area contributed by atoms with E-state index in [1.165, 1.54) is 22.7 Å². The number of aliphatic imine (C=N–C) groups is 1. The first-order valence-electron chi connectivity index (χ1n) is 11.9. The minimum absolute atomic E-state index is 0.184. The van der Waals surface area contributed by atoms with Gasteiger partial charge in [0.05, 0.1) is 17.7 Å². The lowest BCUT2D eigenvalue weighted by atomic mass is 10.1. The monoisotopic (exact) mass is 572 g/mol. The molecule has 1 saturated heterocycles. The number of nitrogens with one attached hydrogen (secondary N) is 1. The van der Waals surface area contributed by atoms with Crippen LogP contribution in [0.3, 0.4) is 0 Å². The maximum absolute atomic E-state index is 12.6. The third kappa shape index (κ3) is 5.73. The van der Waals surface area contributed by atoms with Crippen LogP contribution in [0.25, 0.3) is 16.8 Å². The maximum atomic E-state index is 12.6. The van der Waals surface area contributed by atoms with E-state index in [9.17, 15) is 4.79 Å². The Hall–Kier alpha value is -3.55. The second kappa shape index (κ2) is 11.2. The summed E-state index contributed by atoms with van der Waals surface area (Å²) in [6.07, 6.45) is 2.80. The van der Waals surface area contributed by atoms with Crippen molar-refractivity contribution in [3.05, 3.63) is 105 Å². The Morgan fingerprint density at radius 1 is 1.00 bits per heavy atom. The van der Waals surface area contributed by atoms with E-state index in [-0.39, 0.29) is 5.91 Å². The van der Waals surface area contributed by atoms with Crippen LogP contribution < -0.4 is 14.8 Å². The van der Waals surface area contributed by atoms with Gasteiger partial charge in [-0.1, -0.05) is 77.5 Å². The van der Waals surface area contributed by atoms with Crippen LogP contribution in [-0.4, -0.2) is 18.2 Å². The third-order valence-corrected chi connectivity index (χ3v) is 7.66. The summed E-state index contributed by atoms with van der Waals surface area (Å²) < 4.78 is 12.6. The first-order chi connectivity index (χ1) is 18.0. The van der Waals surface area contributed by atoms with E-state index in [1.54, 1.807) is 7.11 Å². The molecule has 0 saturated carbocycles. The Morgan fingerprint density at radius 2 is 1.78 bits per heavy atom. The van der Waals surface area contributed by atoms with Gasteiger partial charge in [-0.25, -0.2) is 4.99 Å². The summed E-state index contributed by atoms with van der Waals surface area (Å²) in [5.41, 5.74) is 3.95. The number of thioether (sulfide) groups is 1. The highest BCUT2D eigenvalue weighted by molar-refractivity contribution is 9.10. The van der Waals surface area contributed by atoms with Gasteiger partial charge in [0.25, 0.3) is 5.91 Å². The minimum atomic E-state index is -0.184. The van der Waals surface area contributed by atoms with Crippen LogP contribution in [0.15, 0.2) is 93.2 Å². The van der Waals surface area contributed by atoms with Crippen LogP contribution in [0.2, 0.25) is 0 Å². The molecule has 1 N–H and O–H groups in total. The first-order valence-corrected chi connectivity index (χ1v) is 13.5. The van der Waals surface area contributed by atoms with Crippen LogP contribution in [0.1, 0.15) is 23.6 Å². The predicted octanol–water partition coefficient (Wildman–Crippen LogP) is 7.64. The standard InChI is InChI=1S/C30H25BrN2O3S/c1-3-19-11-13-23(14-12-19)32-30-33-29(34)28(37-30)16-22-15-26(35-2)27(17-25(22)31)36-18-21-9-6-8-20-7-4-5-10-24(20)21/h4-17H,3,18H2,1-2H3,(H,32,33,34)/b28-16-. The van der Waals surface area contributed by atoms with E-state index in [4.69, 9.17) is 9.47 Å². The molecule has 4 aromatic rings. The van der Waals surface area contributed by atoms with Crippen molar-refractivity contribution in [1.29, 1.82) is 0 Å². The SMILES string of the molecule is CCc1ccc(N=C2NC(=O)/C(=C/c3cc(OC)c(OCc4cccc5ccccc45)cc3Br)S2)cc1. The number of hydrogen-bond acceptors (Lipinski definition) is 5. The molecule has 0 aliphatic carbocycles. The number of benzene rings is 4. The molecule has 0 unspecified atom stereocenters. The van der Waals surface area contributed by atoms with Crippen molar-refractivity contribution in [2.24, 2.45) is 4.99 Å². The normalized spacial score (nSPS) is 15.4. The van der Waals surface area contributed by atoms with E-state index in [1.807, 2.05) is 60.7 Å². The fourth-order valence-electron chi connectivity index (χ4n) is 4.05. The van der Waals surface area contributed by atoms with E-state index < -0.39 is 0 Å². The average molecular weight is 574 g/mol. The second-order valence-electron chi connectivity index (χ2n) is 8.45. The fraction of sp³-hybridized carbons (Fsp3) is 0.133. The summed E-state index contributed by atoms with van der Waals surface area (Å²) in [5.74, 6) is 1.02. The molecule has 7 heteroatoms. The third-order valence-electron chi connectivity index (χ3n) is 6.06. The molecular formula is C30H25BrN2O3S. The van der Waals surface area contributed by atoms with E-state index in [2.05, 4.69) is 57.4 Å². The molecule has 1 heterocycles. The van der Waals surface area contributed by atoms with E-state index >= 15 is 0 Å². The van der Waals surface area contributed by atoms with Crippen molar-refractivity contribution in [1.82, 2.24) is 5.32 Å². The largest absolute Gasteiger partial charge is 0.493 e. The van der Waals surface area contributed by atoms with Crippen molar-refractivity contribution >= 4 is 61.3 Å². The van der Waals surface area contributed by atoms with Gasteiger partial charge in [-0.3, -0.25) is 4.79 Å². The zero-order valence-electron chi connectivity index (χ0n) is 20.5. The zero-order chi connectivity index (χ0) is 25.8. The van der Waals surface area contributed by atoms with Crippen LogP contribution in [-0.2, 0) is 17.8 Å². The summed E-state index contributed by atoms with van der Waals surface area (Å²) in [5, 5.41) is 5.74. The number of rotatable bonds is 7. The molecule has 1 amide bonds. The molecule has 0 bridgehead atoms. The van der Waals surface area contributed by atoms with E-state index in [0.29, 0.717) is 28.2 Å². The van der Waals surface area contributed by atoms with Crippen LogP contribution in [0, 0.1) is 0 Å². The molecule has 1 fully saturated rings. The first kappa shape index (κ1) is 25.1. The topological polar surface area (TPSA) is 59.9 Å². The molecule has 0 atom stereocenters. The highest BCUT2D eigenvalue weighted by Gasteiger charge is 2.24. The molecule has 0 radical (unpaired) electrons. The minimum Gasteiger partial charge on any atom is -0.493 e. The number of methoxy groups -OCH3 is 1. The zero-order valence-corrected chi connectivity index (χ0v) is 22.9. The van der Waals surface area contributed by atoms with Gasteiger partial charge in [0, 0.05) is 4.47 Å². The van der Waals surface area contributed by atoms with Gasteiger partial charge in [-0.05, 0) is 76.0 Å². The van der Waals surface area contributed by atoms with Gasteiger partial charge in [-0.15, -0.1) is 0 Å². The van der Waals surface area contributed by atoms with Gasteiger partial charge in [0.2, 0.25) is 0 Å². The average Bonchev–Trinajstić information content (AvgIpc) is 3.27. The molecule has 0 aromatic heterocycles. The second-order valence-corrected chi connectivity index (χ2v) is 10.3. The number of nitrogens with zero attached hydrogens (tertiary/aromatic N) is 1. The number of hydrogen-bond donors (Lipinski definition) is 1. The van der Waals surface area contributed by atoms with Crippen molar-refractivity contribution in [2.75, 3.05) is 7.11 Å². The lowest BCUT2D eigenvalue weighted by molar-refractivity contribution is -0.115. The van der Waals surface area contributed by atoms with Crippen molar-refractivity contribution in [3.63, 3.8) is 0 Å². The van der Waals surface area contributed by atoms with Gasteiger partial charge >= 0.3 is 0 Å². The smallest absolute Gasteiger partial charge is 0.264 e. The fourth-order valence-corrected chi connectivity index (χ4v) is 5.32. The molecule has 4 aromatic carbocycles. The lowest BCUT2D eigenvalue weighted by Gasteiger charge is -2.14. The van der Waals surface area contributed by atoms with Gasteiger partial charge in [0.1, 0.15) is 6.61 Å². The Bertz CT molecular complexity index is 1520. The Balaban J connectivity index is 1.35. The number of carbonyl (C=O) groups excluding carboxylic acids is 1. The lowest BCUT2D eigenvalue weighted by Crippen LogP contribution is -2.19. The predicted molar refractivity (Wildman–Crippen MR) is 156 cm³/mol. The number of carbonyl (C=O) groups is 1. The highest BCUT2D eigenvalue weighted by atomic mass is 79.9. The number of aryl methyl sites for hydroxylation is 1. The quantitative estimate of drug-likeness (QED) is 0.231. The van der Waals surface area contributed by atoms with Crippen molar-refractivity contribution in [3.8, 4) is 11.5 Å². The van der Waals surface area contributed by atoms with Crippen molar-refractivity contribution < 1.29 is 14.3 Å². The number of fused-ring (bicyclic) bond motifs is 1. The molecule has 5 nitrogen and oxygen atoms in total. The molecule has 5 rings (SSSR count). The van der Waals surface area contributed by atoms with Gasteiger partial charge in [-0.2, -0.15) is 0 Å². The van der Waals surface area contributed by atoms with Crippen LogP contribution >= 0.6 is 27.7 Å². The maximum Gasteiger partial charge on any atom is 0.264 e. The summed E-state index contributed by atoms with van der Waals surface area (Å²) in [4.78, 5) is 17.7. The highest BCUT2D eigenvalue weighted by Crippen LogP contribution is 2.37. The molecule has 1 aliphatic rings. The Labute approximate surface area is 228 Å². The molecule has 1 aliphatic heterocycles. The van der Waals surface area contributed by atoms with Gasteiger partial charge < -0.3 is 14.8 Å². The summed E-state index contributed by atoms with van der Waals surface area (Å²) in [6, 6.07) is 26.2. The number of amides is 1. The van der Waals surface area contributed by atoms with E-state index in [0.717, 1.165) is 33.1 Å².